The van der Waals surface area contributed by atoms with Crippen LogP contribution >= 0.6 is 0 Å². The third-order valence-electron chi connectivity index (χ3n) is 2.58. The first-order chi connectivity index (χ1) is 7.79. The molecule has 0 bridgehead atoms. The van der Waals surface area contributed by atoms with Crippen molar-refractivity contribution >= 4 is 12.0 Å². The molecule has 0 aliphatic heterocycles. The van der Waals surface area contributed by atoms with Gasteiger partial charge in [-0.2, -0.15) is 0 Å². The fraction of sp³-hybridized carbons (Fsp3) is 0.417. The Hall–Kier alpha value is -1.39. The molecule has 1 saturated carbocycles. The molecule has 0 aromatic heterocycles. The number of para-hydroxylation sites is 1. The van der Waals surface area contributed by atoms with E-state index in [1.165, 1.54) is 25.7 Å². The van der Waals surface area contributed by atoms with Gasteiger partial charge in [0.1, 0.15) is 6.34 Å². The Morgan fingerprint density at radius 1 is 1.25 bits per heavy atom. The van der Waals surface area contributed by atoms with E-state index in [1.54, 1.807) is 12.1 Å². The van der Waals surface area contributed by atoms with Crippen molar-refractivity contribution < 1.29 is 5.21 Å². The lowest BCUT2D eigenvalue weighted by Crippen LogP contribution is -2.17. The van der Waals surface area contributed by atoms with Gasteiger partial charge in [-0.15, -0.1) is 0 Å². The molecular formula is C12H19N3O. The molecule has 4 heteroatoms. The van der Waals surface area contributed by atoms with Crippen LogP contribution in [0, 0.1) is 5.41 Å². The number of hydroxylamine groups is 1. The molecule has 1 fully saturated rings. The van der Waals surface area contributed by atoms with Gasteiger partial charge in [-0.3, -0.25) is 10.6 Å². The maximum Gasteiger partial charge on any atom is 0.113 e. The van der Waals surface area contributed by atoms with E-state index in [0.717, 1.165) is 17.0 Å². The van der Waals surface area contributed by atoms with Crippen LogP contribution in [0.1, 0.15) is 31.2 Å². The minimum absolute atomic E-state index is 0.348. The van der Waals surface area contributed by atoms with Crippen molar-refractivity contribution in [3.8, 4) is 0 Å². The molecule has 1 aliphatic carbocycles. The average Bonchev–Trinajstić information content (AvgIpc) is 2.25. The van der Waals surface area contributed by atoms with Gasteiger partial charge in [-0.05, 0) is 11.6 Å². The number of rotatable bonds is 3. The first-order valence-corrected chi connectivity index (χ1v) is 5.56. The highest BCUT2D eigenvalue weighted by atomic mass is 16.5. The molecule has 0 radical (unpaired) electrons. The van der Waals surface area contributed by atoms with Crippen LogP contribution in [0.3, 0.4) is 0 Å². The Kier molecular flexibility index (Phi) is 5.53. The summed E-state index contributed by atoms with van der Waals surface area (Å²) < 4.78 is 0. The summed E-state index contributed by atoms with van der Waals surface area (Å²) in [5.74, 6) is 0. The number of nitrogens with two attached hydrogens (primary N) is 1. The second kappa shape index (κ2) is 6.98. The molecule has 0 heterocycles. The van der Waals surface area contributed by atoms with Crippen molar-refractivity contribution in [2.75, 3.05) is 5.06 Å². The lowest BCUT2D eigenvalue weighted by molar-refractivity contribution is 0.315. The molecule has 1 aromatic rings. The molecule has 0 spiro atoms. The third kappa shape index (κ3) is 3.64. The number of anilines is 1. The molecule has 0 unspecified atom stereocenters. The van der Waals surface area contributed by atoms with E-state index in [9.17, 15) is 5.21 Å². The molecule has 0 amide bonds. The summed E-state index contributed by atoms with van der Waals surface area (Å²) in [7, 11) is 0. The van der Waals surface area contributed by atoms with E-state index >= 15 is 0 Å². The van der Waals surface area contributed by atoms with Gasteiger partial charge in [-0.25, -0.2) is 5.06 Å². The zero-order chi connectivity index (χ0) is 11.8. The van der Waals surface area contributed by atoms with Crippen LogP contribution < -0.4 is 10.8 Å². The van der Waals surface area contributed by atoms with E-state index in [-0.39, 0.29) is 0 Å². The van der Waals surface area contributed by atoms with Crippen LogP contribution in [0.4, 0.5) is 5.69 Å². The van der Waals surface area contributed by atoms with Crippen LogP contribution in [0.5, 0.6) is 0 Å². The Morgan fingerprint density at radius 3 is 2.25 bits per heavy atom. The van der Waals surface area contributed by atoms with Gasteiger partial charge < -0.3 is 5.73 Å². The molecule has 4 nitrogen and oxygen atoms in total. The predicted octanol–water partition coefficient (Wildman–Crippen LogP) is 2.51. The van der Waals surface area contributed by atoms with Crippen LogP contribution in [0.15, 0.2) is 24.3 Å². The second-order valence-electron chi connectivity index (χ2n) is 3.72. The van der Waals surface area contributed by atoms with E-state index in [2.05, 4.69) is 0 Å². The van der Waals surface area contributed by atoms with Gasteiger partial charge in [0, 0.05) is 6.54 Å². The maximum absolute atomic E-state index is 9.18. The summed E-state index contributed by atoms with van der Waals surface area (Å²) in [5.41, 5.74) is 6.79. The van der Waals surface area contributed by atoms with Crippen molar-refractivity contribution in [3.63, 3.8) is 0 Å². The summed E-state index contributed by atoms with van der Waals surface area (Å²) in [4.78, 5) is 0. The number of hydrogen-bond donors (Lipinski definition) is 3. The van der Waals surface area contributed by atoms with E-state index in [1.807, 2.05) is 12.1 Å². The molecular weight excluding hydrogens is 202 g/mol. The van der Waals surface area contributed by atoms with Gasteiger partial charge in [0.05, 0.1) is 5.69 Å². The van der Waals surface area contributed by atoms with Crippen LogP contribution in [-0.4, -0.2) is 11.5 Å². The van der Waals surface area contributed by atoms with Crippen molar-refractivity contribution in [3.05, 3.63) is 29.8 Å². The van der Waals surface area contributed by atoms with Crippen molar-refractivity contribution in [1.82, 2.24) is 0 Å². The van der Waals surface area contributed by atoms with Gasteiger partial charge in [0.25, 0.3) is 0 Å². The fourth-order valence-corrected chi connectivity index (χ4v) is 1.23. The summed E-state index contributed by atoms with van der Waals surface area (Å²) in [6.45, 7) is 0.348. The molecule has 1 aliphatic rings. The predicted molar refractivity (Wildman–Crippen MR) is 65.9 cm³/mol. The smallest absolute Gasteiger partial charge is 0.113 e. The normalized spacial score (nSPS) is 13.1. The van der Waals surface area contributed by atoms with Crippen molar-refractivity contribution in [2.45, 2.75) is 32.2 Å². The van der Waals surface area contributed by atoms with E-state index in [0.29, 0.717) is 12.2 Å². The largest absolute Gasteiger partial charge is 0.326 e. The number of benzene rings is 1. The van der Waals surface area contributed by atoms with Gasteiger partial charge in [-0.1, -0.05) is 43.9 Å². The molecule has 0 atom stereocenters. The average molecular weight is 221 g/mol. The highest BCUT2D eigenvalue weighted by Gasteiger charge is 2.03. The van der Waals surface area contributed by atoms with Gasteiger partial charge in [0.15, 0.2) is 0 Å². The standard InChI is InChI=1S/C8H11N3O.C4H8/c9-5-7-3-1-2-4-8(7)11(12)6-10;1-2-4-3-1/h1-4,6,10,12H,5,9H2;1-4H2. The molecule has 88 valence electrons. The monoisotopic (exact) mass is 221 g/mol. The minimum atomic E-state index is 0.348. The Morgan fingerprint density at radius 2 is 1.81 bits per heavy atom. The molecule has 16 heavy (non-hydrogen) atoms. The van der Waals surface area contributed by atoms with E-state index in [4.69, 9.17) is 11.1 Å². The van der Waals surface area contributed by atoms with Crippen molar-refractivity contribution in [1.29, 1.82) is 5.41 Å². The highest BCUT2D eigenvalue weighted by Crippen LogP contribution is 2.16. The molecule has 4 N–H and O–H groups in total. The Labute approximate surface area is 96.2 Å². The lowest BCUT2D eigenvalue weighted by Gasteiger charge is -2.13. The second-order valence-corrected chi connectivity index (χ2v) is 3.72. The van der Waals surface area contributed by atoms with Crippen LogP contribution in [0.25, 0.3) is 0 Å². The summed E-state index contributed by atoms with van der Waals surface area (Å²) >= 11 is 0. The summed E-state index contributed by atoms with van der Waals surface area (Å²) in [5, 5.41) is 16.7. The number of nitrogens with one attached hydrogen (secondary N) is 1. The van der Waals surface area contributed by atoms with E-state index < -0.39 is 0 Å². The first-order valence-electron chi connectivity index (χ1n) is 5.56. The zero-order valence-corrected chi connectivity index (χ0v) is 9.39. The fourth-order valence-electron chi connectivity index (χ4n) is 1.23. The Bertz CT molecular complexity index is 320. The summed E-state index contributed by atoms with van der Waals surface area (Å²) in [6.07, 6.45) is 6.83. The minimum Gasteiger partial charge on any atom is -0.326 e. The maximum atomic E-state index is 9.18. The lowest BCUT2D eigenvalue weighted by atomic mass is 10.0. The summed E-state index contributed by atoms with van der Waals surface area (Å²) in [6, 6.07) is 7.12. The van der Waals surface area contributed by atoms with Crippen molar-refractivity contribution in [2.24, 2.45) is 5.73 Å². The number of hydrogen-bond acceptors (Lipinski definition) is 3. The van der Waals surface area contributed by atoms with Crippen LogP contribution in [-0.2, 0) is 6.54 Å². The molecule has 1 aromatic carbocycles. The quantitative estimate of drug-likeness (QED) is 0.417. The molecule has 0 saturated heterocycles. The third-order valence-corrected chi connectivity index (χ3v) is 2.58. The Balaban J connectivity index is 0.000000267. The highest BCUT2D eigenvalue weighted by molar-refractivity contribution is 5.75. The van der Waals surface area contributed by atoms with Gasteiger partial charge >= 0.3 is 0 Å². The number of nitrogens with zero attached hydrogens (tertiary/aromatic N) is 1. The molecule has 2 rings (SSSR count). The topological polar surface area (TPSA) is 73.3 Å². The first kappa shape index (κ1) is 12.7. The van der Waals surface area contributed by atoms with Gasteiger partial charge in [0.2, 0.25) is 0 Å². The zero-order valence-electron chi connectivity index (χ0n) is 9.39. The van der Waals surface area contributed by atoms with Crippen LogP contribution in [0.2, 0.25) is 0 Å². The SMILES string of the molecule is C1CCC1.N=CN(O)c1ccccc1CN.